The van der Waals surface area contributed by atoms with Gasteiger partial charge in [0.15, 0.2) is 6.10 Å². The topological polar surface area (TPSA) is 78.9 Å². The average Bonchev–Trinajstić information content (AvgIpc) is 3.19. The van der Waals surface area contributed by atoms with Crippen LogP contribution in [0.5, 0.6) is 0 Å². The molecule has 0 heterocycles. The zero-order valence-electron chi connectivity index (χ0n) is 38.1. The van der Waals surface area contributed by atoms with Gasteiger partial charge in [-0.2, -0.15) is 0 Å². The summed E-state index contributed by atoms with van der Waals surface area (Å²) in [5.74, 6) is -0.0433. The second kappa shape index (κ2) is 44.5. The first-order valence-electron chi connectivity index (χ1n) is 24.9. The number of esters is 3. The van der Waals surface area contributed by atoms with E-state index in [1.54, 1.807) is 0 Å². The van der Waals surface area contributed by atoms with Gasteiger partial charge in [0.1, 0.15) is 13.2 Å². The molecule has 0 spiro atoms. The summed E-state index contributed by atoms with van der Waals surface area (Å²) >= 11 is 0. The highest BCUT2D eigenvalue weighted by atomic mass is 16.6. The number of ether oxygens (including phenoxy) is 3. The molecule has 1 unspecified atom stereocenters. The van der Waals surface area contributed by atoms with Crippen LogP contribution in [0.1, 0.15) is 278 Å². The summed E-state index contributed by atoms with van der Waals surface area (Å²) in [6, 6.07) is 0. The van der Waals surface area contributed by atoms with Crippen LogP contribution in [0.2, 0.25) is 0 Å². The van der Waals surface area contributed by atoms with E-state index in [9.17, 15) is 14.4 Å². The van der Waals surface area contributed by atoms with Gasteiger partial charge in [0.2, 0.25) is 0 Å². The van der Waals surface area contributed by atoms with Crippen molar-refractivity contribution in [2.45, 2.75) is 284 Å². The van der Waals surface area contributed by atoms with Crippen LogP contribution in [0.15, 0.2) is 0 Å². The lowest BCUT2D eigenvalue weighted by Gasteiger charge is -2.18. The molecule has 0 amide bonds. The maximum Gasteiger partial charge on any atom is 0.306 e. The number of hydrogen-bond acceptors (Lipinski definition) is 6. The molecule has 0 bridgehead atoms. The van der Waals surface area contributed by atoms with E-state index in [0.29, 0.717) is 19.3 Å². The van der Waals surface area contributed by atoms with E-state index in [0.717, 1.165) is 63.7 Å². The predicted octanol–water partition coefficient (Wildman–Crippen LogP) is 15.9. The summed E-state index contributed by atoms with van der Waals surface area (Å²) in [4.78, 5) is 37.8. The number of hydrogen-bond donors (Lipinski definition) is 0. The van der Waals surface area contributed by atoms with Crippen molar-refractivity contribution in [3.8, 4) is 0 Å². The Balaban J connectivity index is 4.23. The molecule has 0 N–H and O–H groups in total. The molecule has 0 aromatic carbocycles. The number of carbonyl (C=O) groups excluding carboxylic acids is 3. The molecule has 0 aromatic heterocycles. The van der Waals surface area contributed by atoms with Gasteiger partial charge in [-0.05, 0) is 25.2 Å². The van der Waals surface area contributed by atoms with E-state index >= 15 is 0 Å². The minimum Gasteiger partial charge on any atom is -0.462 e. The van der Waals surface area contributed by atoms with Crippen LogP contribution in [0.3, 0.4) is 0 Å². The van der Waals surface area contributed by atoms with Crippen LogP contribution in [-0.2, 0) is 28.6 Å². The fourth-order valence-corrected chi connectivity index (χ4v) is 7.48. The highest BCUT2D eigenvalue weighted by molar-refractivity contribution is 5.71. The monoisotopic (exact) mass is 793 g/mol. The first-order chi connectivity index (χ1) is 27.4. The lowest BCUT2D eigenvalue weighted by Crippen LogP contribution is -2.30. The zero-order chi connectivity index (χ0) is 41.0. The van der Waals surface area contributed by atoms with Gasteiger partial charge in [-0.15, -0.1) is 0 Å². The number of rotatable bonds is 45. The van der Waals surface area contributed by atoms with E-state index < -0.39 is 6.10 Å². The summed E-state index contributed by atoms with van der Waals surface area (Å²) in [7, 11) is 0. The van der Waals surface area contributed by atoms with Gasteiger partial charge >= 0.3 is 17.9 Å². The Labute approximate surface area is 348 Å². The van der Waals surface area contributed by atoms with Crippen LogP contribution in [0.25, 0.3) is 0 Å². The molecule has 0 radical (unpaired) electrons. The van der Waals surface area contributed by atoms with E-state index in [1.165, 1.54) is 173 Å². The van der Waals surface area contributed by atoms with Gasteiger partial charge in [-0.25, -0.2) is 0 Å². The summed E-state index contributed by atoms with van der Waals surface area (Å²) in [6.07, 6.45) is 45.2. The smallest absolute Gasteiger partial charge is 0.306 e. The van der Waals surface area contributed by atoms with Crippen molar-refractivity contribution in [1.82, 2.24) is 0 Å². The molecule has 0 aliphatic carbocycles. The van der Waals surface area contributed by atoms with Crippen molar-refractivity contribution < 1.29 is 28.6 Å². The highest BCUT2D eigenvalue weighted by Crippen LogP contribution is 2.17. The van der Waals surface area contributed by atoms with Gasteiger partial charge in [0.05, 0.1) is 0 Å². The Kier molecular flexibility index (Phi) is 43.2. The third kappa shape index (κ3) is 42.0. The van der Waals surface area contributed by atoms with Crippen LogP contribution in [-0.4, -0.2) is 37.2 Å². The molecule has 0 aliphatic rings. The largest absolute Gasteiger partial charge is 0.462 e. The summed E-state index contributed by atoms with van der Waals surface area (Å²) in [5.41, 5.74) is 0. The lowest BCUT2D eigenvalue weighted by atomic mass is 10.00. The van der Waals surface area contributed by atoms with Crippen molar-refractivity contribution in [3.63, 3.8) is 0 Å². The van der Waals surface area contributed by atoms with Gasteiger partial charge in [0, 0.05) is 19.3 Å². The molecular formula is C50H96O6. The van der Waals surface area contributed by atoms with Crippen molar-refractivity contribution in [3.05, 3.63) is 0 Å². The molecule has 6 nitrogen and oxygen atoms in total. The minimum absolute atomic E-state index is 0.0641. The minimum atomic E-state index is -0.760. The normalized spacial score (nSPS) is 12.4. The van der Waals surface area contributed by atoms with Gasteiger partial charge < -0.3 is 14.2 Å². The van der Waals surface area contributed by atoms with E-state index in [2.05, 4.69) is 27.7 Å². The molecule has 0 saturated heterocycles. The predicted molar refractivity (Wildman–Crippen MR) is 238 cm³/mol. The molecule has 2 atom stereocenters. The molecular weight excluding hydrogens is 697 g/mol. The molecule has 56 heavy (non-hydrogen) atoms. The summed E-state index contributed by atoms with van der Waals surface area (Å²) in [5, 5.41) is 0. The van der Waals surface area contributed by atoms with E-state index in [4.69, 9.17) is 14.2 Å². The van der Waals surface area contributed by atoms with Crippen LogP contribution in [0, 0.1) is 5.92 Å². The Morgan fingerprint density at radius 2 is 0.625 bits per heavy atom. The molecule has 6 heteroatoms. The molecule has 0 rings (SSSR count). The lowest BCUT2D eigenvalue weighted by molar-refractivity contribution is -0.167. The Morgan fingerprint density at radius 3 is 0.929 bits per heavy atom. The number of carbonyl (C=O) groups is 3. The van der Waals surface area contributed by atoms with Crippen molar-refractivity contribution in [2.24, 2.45) is 5.92 Å². The summed E-state index contributed by atoms with van der Waals surface area (Å²) < 4.78 is 16.7. The third-order valence-corrected chi connectivity index (χ3v) is 11.7. The Hall–Kier alpha value is -1.59. The maximum atomic E-state index is 12.7. The van der Waals surface area contributed by atoms with Gasteiger partial charge in [-0.3, -0.25) is 14.4 Å². The van der Waals surface area contributed by atoms with E-state index in [1.807, 2.05) is 0 Å². The Morgan fingerprint density at radius 1 is 0.357 bits per heavy atom. The second-order valence-corrected chi connectivity index (χ2v) is 17.3. The van der Waals surface area contributed by atoms with Crippen molar-refractivity contribution >= 4 is 17.9 Å². The Bertz CT molecular complexity index is 843. The molecule has 0 aromatic rings. The SMILES string of the molecule is CCCCCCCCCCCCCCCCCCCCC(=O)OC[C@@H](COC(=O)CCCCCCCCCCCC)OC(=O)CCCCCCCCC(C)CC. The molecule has 0 aliphatic heterocycles. The molecule has 0 fully saturated rings. The zero-order valence-corrected chi connectivity index (χ0v) is 38.1. The quantitative estimate of drug-likeness (QED) is 0.0347. The maximum absolute atomic E-state index is 12.7. The fourth-order valence-electron chi connectivity index (χ4n) is 7.48. The van der Waals surface area contributed by atoms with Crippen LogP contribution >= 0.6 is 0 Å². The van der Waals surface area contributed by atoms with Gasteiger partial charge in [0.25, 0.3) is 0 Å². The summed E-state index contributed by atoms with van der Waals surface area (Å²) in [6.45, 7) is 8.98. The first kappa shape index (κ1) is 54.4. The van der Waals surface area contributed by atoms with Crippen LogP contribution < -0.4 is 0 Å². The van der Waals surface area contributed by atoms with Gasteiger partial charge in [-0.1, -0.05) is 240 Å². The molecule has 332 valence electrons. The number of unbranched alkanes of at least 4 members (excludes halogenated alkanes) is 31. The fraction of sp³-hybridized carbons (Fsp3) is 0.940. The first-order valence-corrected chi connectivity index (χ1v) is 24.9. The van der Waals surface area contributed by atoms with Crippen LogP contribution in [0.4, 0.5) is 0 Å². The van der Waals surface area contributed by atoms with Crippen molar-refractivity contribution in [1.29, 1.82) is 0 Å². The molecule has 0 saturated carbocycles. The van der Waals surface area contributed by atoms with Crippen molar-refractivity contribution in [2.75, 3.05) is 13.2 Å². The average molecular weight is 793 g/mol. The van der Waals surface area contributed by atoms with E-state index in [-0.39, 0.29) is 31.1 Å². The highest BCUT2D eigenvalue weighted by Gasteiger charge is 2.19. The second-order valence-electron chi connectivity index (χ2n) is 17.3. The third-order valence-electron chi connectivity index (χ3n) is 11.7. The standard InChI is InChI=1S/C50H96O6/c1-5-8-10-12-14-16-18-19-20-21-22-23-24-25-27-29-34-38-42-49(52)55-45-47(56-50(53)43-39-35-31-30-32-36-40-46(4)7-3)44-54-48(51)41-37-33-28-26-17-15-13-11-9-6-2/h46-47H,5-45H2,1-4H3/t46?,47-/m1/s1.